The molecule has 0 aliphatic heterocycles. The highest BCUT2D eigenvalue weighted by Gasteiger charge is 2.05. The molecule has 0 atom stereocenters. The Balaban J connectivity index is 0.00000484. The Kier molecular flexibility index (Phi) is 12.0. The van der Waals surface area contributed by atoms with Crippen LogP contribution in [0.3, 0.4) is 0 Å². The average molecular weight is 436 g/mol. The van der Waals surface area contributed by atoms with Crippen molar-refractivity contribution in [3.05, 3.63) is 35.1 Å². The van der Waals surface area contributed by atoms with Gasteiger partial charge in [-0.1, -0.05) is 19.4 Å². The second-order valence-electron chi connectivity index (χ2n) is 5.64. The number of hydrogen-bond donors (Lipinski definition) is 2. The van der Waals surface area contributed by atoms with Gasteiger partial charge < -0.3 is 15.5 Å². The van der Waals surface area contributed by atoms with Crippen LogP contribution < -0.4 is 10.6 Å². The molecule has 0 unspecified atom stereocenters. The Morgan fingerprint density at radius 2 is 1.96 bits per heavy atom. The van der Waals surface area contributed by atoms with E-state index in [9.17, 15) is 4.39 Å². The van der Waals surface area contributed by atoms with Crippen molar-refractivity contribution >= 4 is 29.9 Å². The van der Waals surface area contributed by atoms with E-state index < -0.39 is 0 Å². The van der Waals surface area contributed by atoms with E-state index in [-0.39, 0.29) is 29.8 Å². The van der Waals surface area contributed by atoms with Gasteiger partial charge in [-0.25, -0.2) is 9.38 Å². The molecular weight excluding hydrogens is 406 g/mol. The number of unbranched alkanes of at least 4 members (excludes halogenated alkanes) is 1. The van der Waals surface area contributed by atoms with Gasteiger partial charge in [-0.3, -0.25) is 0 Å². The van der Waals surface area contributed by atoms with Gasteiger partial charge in [0.1, 0.15) is 5.82 Å². The minimum Gasteiger partial charge on any atom is -0.357 e. The fraction of sp³-hybridized carbons (Fsp3) is 0.588. The first-order chi connectivity index (χ1) is 10.6. The van der Waals surface area contributed by atoms with Crippen LogP contribution in [0.4, 0.5) is 4.39 Å². The number of aliphatic imine (C=N–C) groups is 1. The van der Waals surface area contributed by atoms with Crippen LogP contribution in [-0.4, -0.2) is 38.0 Å². The largest absolute Gasteiger partial charge is 0.357 e. The fourth-order valence-electron chi connectivity index (χ4n) is 2.08. The molecule has 132 valence electrons. The summed E-state index contributed by atoms with van der Waals surface area (Å²) in [6, 6.07) is 5.23. The summed E-state index contributed by atoms with van der Waals surface area (Å²) in [6.45, 7) is 7.09. The van der Waals surface area contributed by atoms with Crippen molar-refractivity contribution in [1.29, 1.82) is 0 Å². The van der Waals surface area contributed by atoms with Gasteiger partial charge in [0.2, 0.25) is 0 Å². The molecule has 1 aromatic carbocycles. The Bertz CT molecular complexity index is 478. The second-order valence-corrected chi connectivity index (χ2v) is 5.64. The maximum absolute atomic E-state index is 13.8. The third-order valence-electron chi connectivity index (χ3n) is 3.18. The minimum atomic E-state index is -0.158. The van der Waals surface area contributed by atoms with Gasteiger partial charge in [0, 0.05) is 25.2 Å². The topological polar surface area (TPSA) is 39.7 Å². The van der Waals surface area contributed by atoms with Crippen LogP contribution in [0.15, 0.2) is 23.2 Å². The van der Waals surface area contributed by atoms with Crippen molar-refractivity contribution in [2.75, 3.05) is 27.2 Å². The van der Waals surface area contributed by atoms with Crippen molar-refractivity contribution < 1.29 is 4.39 Å². The normalized spacial score (nSPS) is 11.3. The third kappa shape index (κ3) is 9.10. The molecule has 0 radical (unpaired) electrons. The van der Waals surface area contributed by atoms with Gasteiger partial charge in [0.25, 0.3) is 0 Å². The Morgan fingerprint density at radius 3 is 2.57 bits per heavy atom. The quantitative estimate of drug-likeness (QED) is 0.284. The molecule has 0 spiro atoms. The van der Waals surface area contributed by atoms with Crippen molar-refractivity contribution in [2.45, 2.75) is 39.8 Å². The summed E-state index contributed by atoms with van der Waals surface area (Å²) >= 11 is 0. The van der Waals surface area contributed by atoms with E-state index in [1.807, 2.05) is 32.0 Å². The maximum atomic E-state index is 13.8. The number of rotatable bonds is 8. The monoisotopic (exact) mass is 436 g/mol. The van der Waals surface area contributed by atoms with E-state index in [2.05, 4.69) is 22.5 Å². The van der Waals surface area contributed by atoms with Crippen molar-refractivity contribution in [3.63, 3.8) is 0 Å². The highest BCUT2D eigenvalue weighted by molar-refractivity contribution is 14.0. The standard InChI is InChI=1S/C17H29FN4.HI/c1-5-7-10-20-17(19-6-2)21-12-14-8-9-16(18)15(11-14)13-22(3)4;/h8-9,11H,5-7,10,12-13H2,1-4H3,(H2,19,20,21);1H. The molecule has 0 fully saturated rings. The molecule has 1 rings (SSSR count). The van der Waals surface area contributed by atoms with Gasteiger partial charge in [0.15, 0.2) is 5.96 Å². The molecule has 0 heterocycles. The molecule has 6 heteroatoms. The van der Waals surface area contributed by atoms with E-state index in [0.717, 1.165) is 37.5 Å². The van der Waals surface area contributed by atoms with E-state index in [4.69, 9.17) is 0 Å². The Hall–Kier alpha value is -0.890. The average Bonchev–Trinajstić information content (AvgIpc) is 2.47. The highest BCUT2D eigenvalue weighted by atomic mass is 127. The molecule has 0 aliphatic carbocycles. The SMILES string of the molecule is CCCCNC(=NCc1ccc(F)c(CN(C)C)c1)NCC.I. The number of nitrogens with zero attached hydrogens (tertiary/aromatic N) is 2. The maximum Gasteiger partial charge on any atom is 0.191 e. The summed E-state index contributed by atoms with van der Waals surface area (Å²) in [5.74, 6) is 0.656. The van der Waals surface area contributed by atoms with Gasteiger partial charge >= 0.3 is 0 Å². The molecule has 0 aliphatic rings. The van der Waals surface area contributed by atoms with E-state index in [1.165, 1.54) is 6.07 Å². The fourth-order valence-corrected chi connectivity index (χ4v) is 2.08. The molecule has 0 amide bonds. The molecule has 0 bridgehead atoms. The van der Waals surface area contributed by atoms with Crippen LogP contribution in [0.2, 0.25) is 0 Å². The molecule has 23 heavy (non-hydrogen) atoms. The zero-order valence-corrected chi connectivity index (χ0v) is 17.0. The van der Waals surface area contributed by atoms with Gasteiger partial charge in [-0.05, 0) is 45.1 Å². The van der Waals surface area contributed by atoms with Crippen LogP contribution in [0.25, 0.3) is 0 Å². The molecule has 0 saturated heterocycles. The van der Waals surface area contributed by atoms with Crippen molar-refractivity contribution in [2.24, 2.45) is 4.99 Å². The summed E-state index contributed by atoms with van der Waals surface area (Å²) in [5.41, 5.74) is 1.73. The minimum absolute atomic E-state index is 0. The first kappa shape index (κ1) is 22.1. The van der Waals surface area contributed by atoms with Crippen LogP contribution >= 0.6 is 24.0 Å². The predicted molar refractivity (Wildman–Crippen MR) is 107 cm³/mol. The summed E-state index contributed by atoms with van der Waals surface area (Å²) in [4.78, 5) is 6.52. The number of hydrogen-bond acceptors (Lipinski definition) is 2. The molecule has 0 aromatic heterocycles. The molecule has 0 saturated carbocycles. The lowest BCUT2D eigenvalue weighted by molar-refractivity contribution is 0.392. The smallest absolute Gasteiger partial charge is 0.191 e. The summed E-state index contributed by atoms with van der Waals surface area (Å²) in [5, 5.41) is 6.53. The second kappa shape index (κ2) is 12.5. The van der Waals surface area contributed by atoms with E-state index in [0.29, 0.717) is 18.7 Å². The molecular formula is C17H30FIN4. The highest BCUT2D eigenvalue weighted by Crippen LogP contribution is 2.13. The first-order valence-electron chi connectivity index (χ1n) is 8.01. The van der Waals surface area contributed by atoms with Crippen LogP contribution in [0.5, 0.6) is 0 Å². The first-order valence-corrected chi connectivity index (χ1v) is 8.01. The van der Waals surface area contributed by atoms with Gasteiger partial charge in [0.05, 0.1) is 6.54 Å². The molecule has 2 N–H and O–H groups in total. The van der Waals surface area contributed by atoms with Gasteiger partial charge in [-0.2, -0.15) is 0 Å². The lowest BCUT2D eigenvalue weighted by Gasteiger charge is -2.13. The number of guanidine groups is 1. The summed E-state index contributed by atoms with van der Waals surface area (Å²) in [6.07, 6.45) is 2.27. The van der Waals surface area contributed by atoms with Gasteiger partial charge in [-0.15, -0.1) is 24.0 Å². The number of nitrogens with one attached hydrogen (secondary N) is 2. The van der Waals surface area contributed by atoms with Crippen LogP contribution in [0.1, 0.15) is 37.8 Å². The molecule has 4 nitrogen and oxygen atoms in total. The van der Waals surface area contributed by atoms with E-state index in [1.54, 1.807) is 6.07 Å². The summed E-state index contributed by atoms with van der Waals surface area (Å²) < 4.78 is 13.8. The van der Waals surface area contributed by atoms with Crippen molar-refractivity contribution in [3.8, 4) is 0 Å². The number of benzene rings is 1. The lowest BCUT2D eigenvalue weighted by atomic mass is 10.1. The van der Waals surface area contributed by atoms with Crippen molar-refractivity contribution in [1.82, 2.24) is 15.5 Å². The molecule has 1 aromatic rings. The third-order valence-corrected chi connectivity index (χ3v) is 3.18. The number of halogens is 2. The lowest BCUT2D eigenvalue weighted by Crippen LogP contribution is -2.37. The van der Waals surface area contributed by atoms with E-state index >= 15 is 0 Å². The Morgan fingerprint density at radius 1 is 1.22 bits per heavy atom. The van der Waals surface area contributed by atoms with Crippen LogP contribution in [-0.2, 0) is 13.1 Å². The van der Waals surface area contributed by atoms with Crippen LogP contribution in [0, 0.1) is 5.82 Å². The predicted octanol–water partition coefficient (Wildman–Crippen LogP) is 3.36. The zero-order valence-electron chi connectivity index (χ0n) is 14.7. The summed E-state index contributed by atoms with van der Waals surface area (Å²) in [7, 11) is 3.87. The zero-order chi connectivity index (χ0) is 16.4. The Labute approximate surface area is 157 Å².